The van der Waals surface area contributed by atoms with E-state index in [0.29, 0.717) is 42.9 Å². The van der Waals surface area contributed by atoms with Crippen molar-refractivity contribution in [3.63, 3.8) is 0 Å². The summed E-state index contributed by atoms with van der Waals surface area (Å²) in [6, 6.07) is 15.4. The fraction of sp³-hybridized carbons (Fsp3) is 0.286. The number of hydrogen-bond acceptors (Lipinski definition) is 6. The SMILES string of the molecule is NC(=O)C(OC(=O)C1CCN(C2=NS(=O)(=O)c3ccccc32)CC1)c1ccccc1. The van der Waals surface area contributed by atoms with Gasteiger partial charge in [0.15, 0.2) is 5.84 Å². The molecule has 2 heterocycles. The Balaban J connectivity index is 1.43. The van der Waals surface area contributed by atoms with E-state index >= 15 is 0 Å². The topological polar surface area (TPSA) is 119 Å². The minimum atomic E-state index is -3.69. The summed E-state index contributed by atoms with van der Waals surface area (Å²) in [6.45, 7) is 0.907. The van der Waals surface area contributed by atoms with Crippen LogP contribution in [0.3, 0.4) is 0 Å². The van der Waals surface area contributed by atoms with Crippen LogP contribution in [0, 0.1) is 5.92 Å². The molecule has 156 valence electrons. The van der Waals surface area contributed by atoms with Crippen molar-refractivity contribution in [2.24, 2.45) is 16.0 Å². The third kappa shape index (κ3) is 3.80. The monoisotopic (exact) mass is 427 g/mol. The number of amides is 1. The molecular formula is C21H21N3O5S. The van der Waals surface area contributed by atoms with E-state index in [-0.39, 0.29) is 4.90 Å². The van der Waals surface area contributed by atoms with Gasteiger partial charge in [-0.2, -0.15) is 8.42 Å². The second kappa shape index (κ2) is 7.91. The molecule has 0 spiro atoms. The number of hydrogen-bond donors (Lipinski definition) is 1. The Kier molecular flexibility index (Phi) is 5.29. The summed E-state index contributed by atoms with van der Waals surface area (Å²) in [7, 11) is -3.69. The number of piperidine rings is 1. The van der Waals surface area contributed by atoms with E-state index in [0.717, 1.165) is 0 Å². The number of benzene rings is 2. The third-order valence-corrected chi connectivity index (χ3v) is 6.66. The van der Waals surface area contributed by atoms with Gasteiger partial charge in [0.25, 0.3) is 15.9 Å². The first-order chi connectivity index (χ1) is 14.4. The van der Waals surface area contributed by atoms with Gasteiger partial charge in [0.05, 0.1) is 5.92 Å². The van der Waals surface area contributed by atoms with Crippen molar-refractivity contribution in [3.8, 4) is 0 Å². The Labute approximate surface area is 174 Å². The standard InChI is InChI=1S/C21H21N3O5S/c22-19(25)18(14-6-2-1-3-7-14)29-21(26)15-10-12-24(13-11-15)20-16-8-4-5-9-17(16)30(27,28)23-20/h1-9,15,18H,10-13H2,(H2,22,25). The largest absolute Gasteiger partial charge is 0.447 e. The molecule has 0 aromatic heterocycles. The number of carbonyl (C=O) groups excluding carboxylic acids is 2. The molecule has 30 heavy (non-hydrogen) atoms. The van der Waals surface area contributed by atoms with Crippen molar-refractivity contribution < 1.29 is 22.7 Å². The van der Waals surface area contributed by atoms with Crippen LogP contribution in [0.1, 0.15) is 30.1 Å². The second-order valence-corrected chi connectivity index (χ2v) is 8.85. The van der Waals surface area contributed by atoms with Crippen LogP contribution in [-0.4, -0.2) is 44.1 Å². The van der Waals surface area contributed by atoms with Gasteiger partial charge in [-0.1, -0.05) is 42.5 Å². The molecule has 8 nitrogen and oxygen atoms in total. The Hall–Kier alpha value is -3.20. The number of rotatable bonds is 4. The number of primary amides is 1. The van der Waals surface area contributed by atoms with E-state index in [1.54, 1.807) is 54.6 Å². The number of nitrogens with two attached hydrogens (primary N) is 1. The van der Waals surface area contributed by atoms with Crippen LogP contribution in [0.5, 0.6) is 0 Å². The van der Waals surface area contributed by atoms with Gasteiger partial charge in [0.1, 0.15) is 4.90 Å². The average Bonchev–Trinajstić information content (AvgIpc) is 3.03. The number of sulfonamides is 1. The van der Waals surface area contributed by atoms with Crippen LogP contribution in [0.25, 0.3) is 0 Å². The van der Waals surface area contributed by atoms with Gasteiger partial charge in [-0.3, -0.25) is 9.59 Å². The lowest BCUT2D eigenvalue weighted by Gasteiger charge is -2.32. The predicted octanol–water partition coefficient (Wildman–Crippen LogP) is 1.62. The fourth-order valence-corrected chi connectivity index (χ4v) is 5.00. The molecule has 1 fully saturated rings. The average molecular weight is 427 g/mol. The maximum atomic E-state index is 12.6. The Morgan fingerprint density at radius 3 is 2.33 bits per heavy atom. The van der Waals surface area contributed by atoms with Gasteiger partial charge in [0.2, 0.25) is 6.10 Å². The van der Waals surface area contributed by atoms with Crippen molar-refractivity contribution >= 4 is 27.7 Å². The van der Waals surface area contributed by atoms with E-state index in [4.69, 9.17) is 10.5 Å². The molecule has 2 aromatic carbocycles. The summed E-state index contributed by atoms with van der Waals surface area (Å²) in [5.41, 5.74) is 6.53. The van der Waals surface area contributed by atoms with E-state index in [9.17, 15) is 18.0 Å². The smallest absolute Gasteiger partial charge is 0.310 e. The number of likely N-dealkylation sites (tertiary alicyclic amines) is 1. The molecule has 1 saturated heterocycles. The summed E-state index contributed by atoms with van der Waals surface area (Å²) in [6.07, 6.45) is -0.214. The molecule has 2 N–H and O–H groups in total. The summed E-state index contributed by atoms with van der Waals surface area (Å²) < 4.78 is 33.9. The molecule has 2 aliphatic heterocycles. The van der Waals surface area contributed by atoms with Crippen molar-refractivity contribution in [2.75, 3.05) is 13.1 Å². The number of carbonyl (C=O) groups is 2. The van der Waals surface area contributed by atoms with Crippen LogP contribution >= 0.6 is 0 Å². The number of fused-ring (bicyclic) bond motifs is 1. The van der Waals surface area contributed by atoms with Crippen LogP contribution in [0.4, 0.5) is 0 Å². The van der Waals surface area contributed by atoms with Crippen LogP contribution < -0.4 is 5.73 Å². The second-order valence-electron chi connectivity index (χ2n) is 7.28. The third-order valence-electron chi connectivity index (χ3n) is 5.34. The quantitative estimate of drug-likeness (QED) is 0.741. The lowest BCUT2D eigenvalue weighted by molar-refractivity contribution is -0.160. The predicted molar refractivity (Wildman–Crippen MR) is 109 cm³/mol. The van der Waals surface area contributed by atoms with Crippen molar-refractivity contribution in [2.45, 2.75) is 23.8 Å². The number of amidine groups is 1. The maximum Gasteiger partial charge on any atom is 0.310 e. The summed E-state index contributed by atoms with van der Waals surface area (Å²) >= 11 is 0. The first-order valence-corrected chi connectivity index (χ1v) is 11.0. The fourth-order valence-electron chi connectivity index (χ4n) is 3.77. The van der Waals surface area contributed by atoms with Crippen LogP contribution in [-0.2, 0) is 24.3 Å². The number of nitrogens with zero attached hydrogens (tertiary/aromatic N) is 2. The minimum Gasteiger partial charge on any atom is -0.447 e. The molecule has 0 aliphatic carbocycles. The molecule has 2 aliphatic rings. The van der Waals surface area contributed by atoms with Gasteiger partial charge >= 0.3 is 5.97 Å². The lowest BCUT2D eigenvalue weighted by Crippen LogP contribution is -2.41. The first-order valence-electron chi connectivity index (χ1n) is 9.61. The highest BCUT2D eigenvalue weighted by Crippen LogP contribution is 2.30. The van der Waals surface area contributed by atoms with Crippen LogP contribution in [0.15, 0.2) is 63.9 Å². The molecule has 2 aromatic rings. The number of esters is 1. The zero-order valence-corrected chi connectivity index (χ0v) is 16.9. The lowest BCUT2D eigenvalue weighted by atomic mass is 9.96. The van der Waals surface area contributed by atoms with Crippen molar-refractivity contribution in [1.29, 1.82) is 0 Å². The zero-order valence-electron chi connectivity index (χ0n) is 16.1. The normalized spacial score (nSPS) is 18.9. The van der Waals surface area contributed by atoms with Gasteiger partial charge in [-0.15, -0.1) is 4.40 Å². The van der Waals surface area contributed by atoms with Gasteiger partial charge in [-0.25, -0.2) is 0 Å². The zero-order chi connectivity index (χ0) is 21.3. The highest BCUT2D eigenvalue weighted by molar-refractivity contribution is 7.90. The van der Waals surface area contributed by atoms with E-state index < -0.39 is 33.9 Å². The molecule has 4 rings (SSSR count). The molecule has 1 amide bonds. The van der Waals surface area contributed by atoms with E-state index in [2.05, 4.69) is 4.40 Å². The molecule has 0 bridgehead atoms. The first kappa shape index (κ1) is 20.1. The summed E-state index contributed by atoms with van der Waals surface area (Å²) in [5, 5.41) is 0. The van der Waals surface area contributed by atoms with Gasteiger partial charge in [-0.05, 0) is 25.0 Å². The number of ether oxygens (including phenoxy) is 1. The van der Waals surface area contributed by atoms with Gasteiger partial charge in [0, 0.05) is 24.2 Å². The molecular weight excluding hydrogens is 406 g/mol. The molecule has 0 radical (unpaired) electrons. The van der Waals surface area contributed by atoms with Crippen LogP contribution in [0.2, 0.25) is 0 Å². The molecule has 0 saturated carbocycles. The Morgan fingerprint density at radius 1 is 1.03 bits per heavy atom. The minimum absolute atomic E-state index is 0.202. The van der Waals surface area contributed by atoms with Crippen molar-refractivity contribution in [1.82, 2.24) is 4.90 Å². The molecule has 1 unspecified atom stereocenters. The van der Waals surface area contributed by atoms with E-state index in [1.807, 2.05) is 4.90 Å². The molecule has 1 atom stereocenters. The highest BCUT2D eigenvalue weighted by atomic mass is 32.2. The maximum absolute atomic E-state index is 12.6. The summed E-state index contributed by atoms with van der Waals surface area (Å²) in [5.74, 6) is -1.20. The molecule has 9 heteroatoms. The highest BCUT2D eigenvalue weighted by Gasteiger charge is 2.35. The Morgan fingerprint density at radius 2 is 1.67 bits per heavy atom. The van der Waals surface area contributed by atoms with Crippen molar-refractivity contribution in [3.05, 3.63) is 65.7 Å². The van der Waals surface area contributed by atoms with Gasteiger partial charge < -0.3 is 15.4 Å². The Bertz CT molecular complexity index is 1110. The van der Waals surface area contributed by atoms with E-state index in [1.165, 1.54) is 0 Å². The summed E-state index contributed by atoms with van der Waals surface area (Å²) in [4.78, 5) is 26.5.